The molecule has 1 N–H and O–H groups in total. The minimum Gasteiger partial charge on any atom is -0.350 e. The first-order valence-corrected chi connectivity index (χ1v) is 9.38. The number of nitrogens with one attached hydrogen (secondary N) is 1. The maximum Gasteiger partial charge on any atom is 0.227 e. The molecule has 1 aliphatic carbocycles. The number of aromatic nitrogens is 5. The maximum absolute atomic E-state index is 4.87. The molecule has 0 aliphatic heterocycles. The third-order valence-corrected chi connectivity index (χ3v) is 5.99. The summed E-state index contributed by atoms with van der Waals surface area (Å²) in [5, 5.41) is 8.97. The second-order valence-corrected chi connectivity index (χ2v) is 7.76. The molecule has 25 heavy (non-hydrogen) atoms. The highest BCUT2D eigenvalue weighted by molar-refractivity contribution is 7.19. The molecule has 126 valence electrons. The largest absolute Gasteiger partial charge is 0.350 e. The molecule has 0 amide bonds. The molecule has 1 aliphatic rings. The van der Waals surface area contributed by atoms with Gasteiger partial charge >= 0.3 is 0 Å². The lowest BCUT2D eigenvalue weighted by Crippen LogP contribution is -2.10. The van der Waals surface area contributed by atoms with Crippen LogP contribution < -0.4 is 5.32 Å². The molecule has 0 spiro atoms. The maximum atomic E-state index is 4.87. The number of anilines is 1. The van der Waals surface area contributed by atoms with Gasteiger partial charge in [0.2, 0.25) is 5.95 Å². The van der Waals surface area contributed by atoms with Crippen LogP contribution in [0, 0.1) is 5.92 Å². The van der Waals surface area contributed by atoms with E-state index in [4.69, 9.17) is 4.98 Å². The minimum absolute atomic E-state index is 0.656. The Labute approximate surface area is 149 Å². The third-order valence-electron chi connectivity index (χ3n) is 4.85. The van der Waals surface area contributed by atoms with Gasteiger partial charge in [-0.15, -0.1) is 11.3 Å². The Morgan fingerprint density at radius 3 is 3.24 bits per heavy atom. The fourth-order valence-corrected chi connectivity index (χ4v) is 4.93. The van der Waals surface area contributed by atoms with Crippen LogP contribution in [-0.2, 0) is 19.4 Å². The molecule has 0 aromatic carbocycles. The van der Waals surface area contributed by atoms with Crippen LogP contribution >= 0.6 is 11.3 Å². The number of hydrogen-bond acceptors (Lipinski definition) is 6. The number of hydrogen-bond donors (Lipinski definition) is 1. The fourth-order valence-electron chi connectivity index (χ4n) is 3.55. The summed E-state index contributed by atoms with van der Waals surface area (Å²) >= 11 is 1.81. The highest BCUT2D eigenvalue weighted by Gasteiger charge is 2.24. The molecule has 0 bridgehead atoms. The molecule has 6 nitrogen and oxygen atoms in total. The van der Waals surface area contributed by atoms with Crippen molar-refractivity contribution in [2.45, 2.75) is 32.7 Å². The van der Waals surface area contributed by atoms with Crippen LogP contribution in [-0.4, -0.2) is 24.6 Å². The zero-order chi connectivity index (χ0) is 16.8. The van der Waals surface area contributed by atoms with Crippen molar-refractivity contribution in [3.8, 4) is 0 Å². The zero-order valence-corrected chi connectivity index (χ0v) is 14.8. The summed E-state index contributed by atoms with van der Waals surface area (Å²) in [6.45, 7) is 2.98. The van der Waals surface area contributed by atoms with Crippen molar-refractivity contribution in [1.29, 1.82) is 0 Å². The van der Waals surface area contributed by atoms with Gasteiger partial charge in [-0.1, -0.05) is 13.0 Å². The highest BCUT2D eigenvalue weighted by atomic mass is 32.1. The van der Waals surface area contributed by atoms with Crippen molar-refractivity contribution in [3.63, 3.8) is 0 Å². The van der Waals surface area contributed by atoms with E-state index in [0.29, 0.717) is 6.54 Å². The number of rotatable bonds is 3. The SMILES string of the molecule is C[C@H]1CCc2c(sc3nc(NCc4cccnc4)n4ncnc4c23)C1. The standard InChI is InChI=1S/C18H18N6S/c1-11-4-5-13-14(7-11)25-17-15(13)16-21-10-22-24(16)18(23-17)20-9-12-3-2-6-19-8-12/h2-3,6,8,10-11H,4-5,7,9H2,1H3,(H,20,23)/t11-/m0/s1. The van der Waals surface area contributed by atoms with Crippen LogP contribution in [0.25, 0.3) is 15.9 Å². The van der Waals surface area contributed by atoms with Crippen LogP contribution in [0.4, 0.5) is 5.95 Å². The Morgan fingerprint density at radius 1 is 1.40 bits per heavy atom. The second kappa shape index (κ2) is 5.77. The van der Waals surface area contributed by atoms with E-state index in [1.807, 2.05) is 34.2 Å². The van der Waals surface area contributed by atoms with Gasteiger partial charge in [-0.3, -0.25) is 4.98 Å². The van der Waals surface area contributed by atoms with E-state index in [1.54, 1.807) is 12.5 Å². The number of nitrogens with zero attached hydrogens (tertiary/aromatic N) is 5. The molecule has 1 atom stereocenters. The van der Waals surface area contributed by atoms with Crippen LogP contribution in [0.5, 0.6) is 0 Å². The molecule has 0 radical (unpaired) electrons. The summed E-state index contributed by atoms with van der Waals surface area (Å²) in [6.07, 6.45) is 8.75. The van der Waals surface area contributed by atoms with Gasteiger partial charge in [-0.25, -0.2) is 9.97 Å². The monoisotopic (exact) mass is 350 g/mol. The van der Waals surface area contributed by atoms with Gasteiger partial charge in [0, 0.05) is 23.8 Å². The van der Waals surface area contributed by atoms with Gasteiger partial charge in [0.05, 0.1) is 5.39 Å². The van der Waals surface area contributed by atoms with Crippen LogP contribution in [0.2, 0.25) is 0 Å². The lowest BCUT2D eigenvalue weighted by molar-refractivity contribution is 0.509. The Hall–Kier alpha value is -2.54. The first-order valence-electron chi connectivity index (χ1n) is 8.56. The van der Waals surface area contributed by atoms with Crippen LogP contribution in [0.3, 0.4) is 0 Å². The van der Waals surface area contributed by atoms with Crippen molar-refractivity contribution in [3.05, 3.63) is 46.9 Å². The van der Waals surface area contributed by atoms with E-state index in [0.717, 1.165) is 40.7 Å². The average Bonchev–Trinajstić information content (AvgIpc) is 3.23. The van der Waals surface area contributed by atoms with Gasteiger partial charge in [0.15, 0.2) is 5.65 Å². The molecule has 4 heterocycles. The lowest BCUT2D eigenvalue weighted by Gasteiger charge is -2.17. The quantitative estimate of drug-likeness (QED) is 0.613. The normalized spacial score (nSPS) is 17.1. The second-order valence-electron chi connectivity index (χ2n) is 6.68. The Balaban J connectivity index is 1.60. The highest BCUT2D eigenvalue weighted by Crippen LogP contribution is 2.39. The average molecular weight is 350 g/mol. The number of thiophene rings is 1. The van der Waals surface area contributed by atoms with Gasteiger partial charge in [-0.2, -0.15) is 9.61 Å². The smallest absolute Gasteiger partial charge is 0.227 e. The molecular weight excluding hydrogens is 332 g/mol. The lowest BCUT2D eigenvalue weighted by atomic mass is 9.89. The Bertz CT molecular complexity index is 1050. The van der Waals surface area contributed by atoms with E-state index < -0.39 is 0 Å². The van der Waals surface area contributed by atoms with E-state index in [2.05, 4.69) is 27.3 Å². The van der Waals surface area contributed by atoms with Gasteiger partial charge in [0.25, 0.3) is 0 Å². The van der Waals surface area contributed by atoms with E-state index >= 15 is 0 Å². The Kier molecular flexibility index (Phi) is 3.41. The van der Waals surface area contributed by atoms with Gasteiger partial charge < -0.3 is 5.32 Å². The molecule has 5 rings (SSSR count). The summed E-state index contributed by atoms with van der Waals surface area (Å²) in [5.41, 5.74) is 3.45. The molecule has 7 heteroatoms. The van der Waals surface area contributed by atoms with Gasteiger partial charge in [0.1, 0.15) is 11.2 Å². The number of fused-ring (bicyclic) bond motifs is 5. The number of pyridine rings is 1. The fraction of sp³-hybridized carbons (Fsp3) is 0.333. The van der Waals surface area contributed by atoms with Crippen LogP contribution in [0.15, 0.2) is 30.9 Å². The summed E-state index contributed by atoms with van der Waals surface area (Å²) in [7, 11) is 0. The van der Waals surface area contributed by atoms with Gasteiger partial charge in [-0.05, 0) is 42.4 Å². The summed E-state index contributed by atoms with van der Waals surface area (Å²) in [4.78, 5) is 16.1. The van der Waals surface area contributed by atoms with Crippen molar-refractivity contribution >= 4 is 33.1 Å². The van der Waals surface area contributed by atoms with Crippen molar-refractivity contribution in [2.75, 3.05) is 5.32 Å². The topological polar surface area (TPSA) is 68.0 Å². The van der Waals surface area contributed by atoms with E-state index in [1.165, 1.54) is 22.2 Å². The van der Waals surface area contributed by atoms with E-state index in [-0.39, 0.29) is 0 Å². The third kappa shape index (κ3) is 2.46. The van der Waals surface area contributed by atoms with Crippen molar-refractivity contribution in [1.82, 2.24) is 24.6 Å². The predicted octanol–water partition coefficient (Wildman–Crippen LogP) is 3.47. The van der Waals surface area contributed by atoms with Crippen LogP contribution in [0.1, 0.15) is 29.3 Å². The molecular formula is C18H18N6S. The molecule has 0 unspecified atom stereocenters. The van der Waals surface area contributed by atoms with Crippen molar-refractivity contribution in [2.24, 2.45) is 5.92 Å². The molecule has 4 aromatic rings. The summed E-state index contributed by atoms with van der Waals surface area (Å²) in [5.74, 6) is 1.48. The molecule has 4 aromatic heterocycles. The first kappa shape index (κ1) is 14.8. The molecule has 0 saturated heterocycles. The zero-order valence-electron chi connectivity index (χ0n) is 13.9. The summed E-state index contributed by atoms with van der Waals surface area (Å²) in [6, 6.07) is 3.98. The first-order chi connectivity index (χ1) is 12.3. The minimum atomic E-state index is 0.656. The Morgan fingerprint density at radius 2 is 2.36 bits per heavy atom. The van der Waals surface area contributed by atoms with E-state index in [9.17, 15) is 0 Å². The molecule has 0 saturated carbocycles. The predicted molar refractivity (Wildman–Crippen MR) is 98.9 cm³/mol. The summed E-state index contributed by atoms with van der Waals surface area (Å²) < 4.78 is 1.82. The molecule has 0 fully saturated rings. The van der Waals surface area contributed by atoms with Crippen molar-refractivity contribution < 1.29 is 0 Å². The number of aryl methyl sites for hydroxylation is 1.